The molecule has 8 heteroatoms. The van der Waals surface area contributed by atoms with Crippen molar-refractivity contribution in [1.82, 2.24) is 30.5 Å². The van der Waals surface area contributed by atoms with Crippen molar-refractivity contribution in [2.24, 2.45) is 0 Å². The summed E-state index contributed by atoms with van der Waals surface area (Å²) in [5.41, 5.74) is 6.36. The van der Waals surface area contributed by atoms with Crippen molar-refractivity contribution in [3.8, 4) is 5.69 Å². The first-order valence-electron chi connectivity index (χ1n) is 12.0. The molecule has 0 saturated heterocycles. The normalized spacial score (nSPS) is 15.8. The lowest BCUT2D eigenvalue weighted by molar-refractivity contribution is 0.217. The fourth-order valence-electron chi connectivity index (χ4n) is 5.57. The molecule has 1 fully saturated rings. The molecule has 2 heterocycles. The maximum Gasteiger partial charge on any atom is 0.176 e. The van der Waals surface area contributed by atoms with Gasteiger partial charge in [-0.2, -0.15) is 4.68 Å². The minimum absolute atomic E-state index is 0.266. The Kier molecular flexibility index (Phi) is 6.40. The van der Waals surface area contributed by atoms with E-state index in [4.69, 9.17) is 23.2 Å². The van der Waals surface area contributed by atoms with Gasteiger partial charge in [0.05, 0.1) is 26.8 Å². The van der Waals surface area contributed by atoms with Crippen LogP contribution in [0.1, 0.15) is 60.3 Å². The molecular weight excluding hydrogens is 467 g/mol. The summed E-state index contributed by atoms with van der Waals surface area (Å²) in [7, 11) is 0. The van der Waals surface area contributed by atoms with Gasteiger partial charge in [-0.3, -0.25) is 0 Å². The first kappa shape index (κ1) is 23.3. The number of hydrogen-bond donors (Lipinski definition) is 2. The largest absolute Gasteiger partial charge is 0.357 e. The lowest BCUT2D eigenvalue weighted by atomic mass is 9.80. The number of aromatic nitrogens is 5. The lowest BCUT2D eigenvalue weighted by Crippen LogP contribution is -2.47. The molecule has 4 aromatic rings. The van der Waals surface area contributed by atoms with E-state index in [0.717, 1.165) is 71.8 Å². The van der Waals surface area contributed by atoms with Gasteiger partial charge in [-0.25, -0.2) is 0 Å². The Morgan fingerprint density at radius 1 is 1.00 bits per heavy atom. The molecule has 2 aromatic carbocycles. The molecule has 1 saturated carbocycles. The molecule has 0 unspecified atom stereocenters. The van der Waals surface area contributed by atoms with Gasteiger partial charge in [0.2, 0.25) is 0 Å². The summed E-state index contributed by atoms with van der Waals surface area (Å²) in [6, 6.07) is 10.0. The molecule has 0 spiro atoms. The zero-order chi connectivity index (χ0) is 23.9. The molecule has 1 aliphatic rings. The smallest absolute Gasteiger partial charge is 0.176 e. The number of hydrogen-bond acceptors (Lipinski definition) is 4. The van der Waals surface area contributed by atoms with Crippen LogP contribution < -0.4 is 5.32 Å². The zero-order valence-corrected chi connectivity index (χ0v) is 21.4. The molecule has 5 rings (SSSR count). The molecule has 2 aromatic heterocycles. The van der Waals surface area contributed by atoms with Crippen molar-refractivity contribution in [3.63, 3.8) is 0 Å². The topological polar surface area (TPSA) is 71.4 Å². The van der Waals surface area contributed by atoms with E-state index in [2.05, 4.69) is 64.8 Å². The van der Waals surface area contributed by atoms with Gasteiger partial charge >= 0.3 is 0 Å². The highest BCUT2D eigenvalue weighted by molar-refractivity contribution is 6.40. The molecule has 0 bridgehead atoms. The number of fused-ring (bicyclic) bond motifs is 1. The van der Waals surface area contributed by atoms with Gasteiger partial charge in [-0.05, 0) is 79.3 Å². The van der Waals surface area contributed by atoms with E-state index in [9.17, 15) is 0 Å². The molecule has 0 aliphatic heterocycles. The average molecular weight is 497 g/mol. The Hall–Kier alpha value is -2.41. The van der Waals surface area contributed by atoms with E-state index < -0.39 is 0 Å². The number of nitrogens with zero attached hydrogens (tertiary/aromatic N) is 4. The van der Waals surface area contributed by atoms with Gasteiger partial charge in [0.1, 0.15) is 0 Å². The summed E-state index contributed by atoms with van der Waals surface area (Å²) in [6.07, 6.45) is 6.40. The fraction of sp³-hybridized carbons (Fsp3) is 0.423. The number of nitrogens with one attached hydrogen (secondary N) is 2. The van der Waals surface area contributed by atoms with Gasteiger partial charge in [-0.1, -0.05) is 60.7 Å². The summed E-state index contributed by atoms with van der Waals surface area (Å²) in [4.78, 5) is 3.42. The van der Waals surface area contributed by atoms with Crippen molar-refractivity contribution in [1.29, 1.82) is 0 Å². The van der Waals surface area contributed by atoms with Crippen molar-refractivity contribution in [3.05, 3.63) is 68.6 Å². The molecule has 0 radical (unpaired) electrons. The second-order valence-electron chi connectivity index (χ2n) is 9.48. The maximum atomic E-state index is 6.57. The molecule has 0 amide bonds. The quantitative estimate of drug-likeness (QED) is 0.325. The SMILES string of the molecule is Cc1cccc(C)c1-n1nnnc1C1(NCCc2c(C)[nH]c3c(Cl)ccc(Cl)c23)CCCCC1. The Balaban J connectivity index is 1.47. The maximum absolute atomic E-state index is 6.57. The van der Waals surface area contributed by atoms with Crippen molar-refractivity contribution >= 4 is 34.1 Å². The van der Waals surface area contributed by atoms with Crippen LogP contribution in [0.15, 0.2) is 30.3 Å². The van der Waals surface area contributed by atoms with E-state index in [0.29, 0.717) is 5.02 Å². The number of aryl methyl sites for hydroxylation is 3. The monoisotopic (exact) mass is 496 g/mol. The Morgan fingerprint density at radius 3 is 2.44 bits per heavy atom. The third-order valence-electron chi connectivity index (χ3n) is 7.26. The average Bonchev–Trinajstić information content (AvgIpc) is 3.43. The number of H-pyrrole nitrogens is 1. The summed E-state index contributed by atoms with van der Waals surface area (Å²) in [5.74, 6) is 0.904. The lowest BCUT2D eigenvalue weighted by Gasteiger charge is -2.37. The number of rotatable bonds is 6. The number of tetrazole rings is 1. The van der Waals surface area contributed by atoms with Gasteiger partial charge < -0.3 is 10.3 Å². The zero-order valence-electron chi connectivity index (χ0n) is 19.9. The predicted molar refractivity (Wildman–Crippen MR) is 138 cm³/mol. The van der Waals surface area contributed by atoms with E-state index >= 15 is 0 Å². The summed E-state index contributed by atoms with van der Waals surface area (Å²) >= 11 is 13.0. The molecule has 0 atom stereocenters. The number of halogens is 2. The highest BCUT2D eigenvalue weighted by Gasteiger charge is 2.39. The summed E-state index contributed by atoms with van der Waals surface area (Å²) < 4.78 is 1.95. The molecule has 1 aliphatic carbocycles. The molecule has 2 N–H and O–H groups in total. The van der Waals surface area contributed by atoms with E-state index in [1.165, 1.54) is 23.1 Å². The van der Waals surface area contributed by atoms with Crippen LogP contribution in [0.3, 0.4) is 0 Å². The van der Waals surface area contributed by atoms with Crippen LogP contribution in [-0.4, -0.2) is 31.7 Å². The highest BCUT2D eigenvalue weighted by Crippen LogP contribution is 2.38. The van der Waals surface area contributed by atoms with Crippen molar-refractivity contribution in [2.45, 2.75) is 64.8 Å². The third-order valence-corrected chi connectivity index (χ3v) is 7.89. The third kappa shape index (κ3) is 4.02. The van der Waals surface area contributed by atoms with Crippen LogP contribution in [0.2, 0.25) is 10.0 Å². The minimum atomic E-state index is -0.266. The molecule has 34 heavy (non-hydrogen) atoms. The highest BCUT2D eigenvalue weighted by atomic mass is 35.5. The molecule has 178 valence electrons. The Bertz CT molecular complexity index is 1310. The Morgan fingerprint density at radius 2 is 1.71 bits per heavy atom. The predicted octanol–water partition coefficient (Wildman–Crippen LogP) is 6.37. The Labute approximate surface area is 210 Å². The van der Waals surface area contributed by atoms with Gasteiger partial charge in [0.15, 0.2) is 5.82 Å². The van der Waals surface area contributed by atoms with Crippen molar-refractivity contribution < 1.29 is 0 Å². The van der Waals surface area contributed by atoms with Gasteiger partial charge in [-0.15, -0.1) is 5.10 Å². The molecule has 6 nitrogen and oxygen atoms in total. The summed E-state index contributed by atoms with van der Waals surface area (Å²) in [5, 5.41) is 19.5. The van der Waals surface area contributed by atoms with E-state index in [1.807, 2.05) is 16.8 Å². The van der Waals surface area contributed by atoms with Crippen LogP contribution >= 0.6 is 23.2 Å². The minimum Gasteiger partial charge on any atom is -0.357 e. The van der Waals surface area contributed by atoms with Crippen LogP contribution in [0.4, 0.5) is 0 Å². The van der Waals surface area contributed by atoms with Gasteiger partial charge in [0, 0.05) is 17.6 Å². The van der Waals surface area contributed by atoms with Crippen LogP contribution in [-0.2, 0) is 12.0 Å². The van der Waals surface area contributed by atoms with Crippen LogP contribution in [0.25, 0.3) is 16.6 Å². The second-order valence-corrected chi connectivity index (χ2v) is 10.3. The number of aromatic amines is 1. The summed E-state index contributed by atoms with van der Waals surface area (Å²) in [6.45, 7) is 7.10. The first-order chi connectivity index (χ1) is 16.4. The first-order valence-corrected chi connectivity index (χ1v) is 12.7. The van der Waals surface area contributed by atoms with Crippen LogP contribution in [0.5, 0.6) is 0 Å². The fourth-order valence-corrected chi connectivity index (χ4v) is 6.05. The number of para-hydroxylation sites is 1. The molecular formula is C26H30Cl2N6. The van der Waals surface area contributed by atoms with Crippen molar-refractivity contribution in [2.75, 3.05) is 6.54 Å². The van der Waals surface area contributed by atoms with Crippen LogP contribution in [0, 0.1) is 20.8 Å². The standard InChI is InChI=1S/C26H30Cl2N6/c1-16-8-7-9-17(2)24(16)34-25(31-32-33-34)26(13-5-4-6-14-26)29-15-12-19-18(3)30-23-21(28)11-10-20(27)22(19)23/h7-11,29-30H,4-6,12-15H2,1-3H3. The van der Waals surface area contributed by atoms with E-state index in [1.54, 1.807) is 0 Å². The van der Waals surface area contributed by atoms with E-state index in [-0.39, 0.29) is 5.54 Å². The number of benzene rings is 2. The second kappa shape index (κ2) is 9.33. The van der Waals surface area contributed by atoms with Gasteiger partial charge in [0.25, 0.3) is 0 Å².